The number of nitrogens with zero attached hydrogens (tertiary/aromatic N) is 3. The van der Waals surface area contributed by atoms with Gasteiger partial charge in [-0.3, -0.25) is 4.90 Å². The molecule has 2 aromatic rings. The van der Waals surface area contributed by atoms with Gasteiger partial charge in [-0.1, -0.05) is 24.3 Å². The second-order valence-electron chi connectivity index (χ2n) is 7.76. The number of thiazole rings is 1. The zero-order valence-electron chi connectivity index (χ0n) is 18.3. The van der Waals surface area contributed by atoms with Gasteiger partial charge in [0.25, 0.3) is 0 Å². The van der Waals surface area contributed by atoms with Crippen molar-refractivity contribution in [3.8, 4) is 0 Å². The smallest absolute Gasteiger partial charge is 0.191 e. The van der Waals surface area contributed by atoms with E-state index < -0.39 is 0 Å². The van der Waals surface area contributed by atoms with Gasteiger partial charge in [-0.25, -0.2) is 9.98 Å². The molecule has 1 aromatic heterocycles. The summed E-state index contributed by atoms with van der Waals surface area (Å²) in [5, 5.41) is 10.2. The molecule has 1 aliphatic heterocycles. The fourth-order valence-electron chi connectivity index (χ4n) is 3.59. The lowest BCUT2D eigenvalue weighted by Gasteiger charge is -2.14. The maximum Gasteiger partial charge on any atom is 0.191 e. The largest absolute Gasteiger partial charge is 0.357 e. The number of hydrogen-bond donors (Lipinski definition) is 2. The third-order valence-corrected chi connectivity index (χ3v) is 6.19. The van der Waals surface area contributed by atoms with Crippen LogP contribution >= 0.6 is 35.3 Å². The predicted octanol–water partition coefficient (Wildman–Crippen LogP) is 4.74. The van der Waals surface area contributed by atoms with Crippen molar-refractivity contribution in [1.82, 2.24) is 20.5 Å². The van der Waals surface area contributed by atoms with Gasteiger partial charge in [0.15, 0.2) is 5.96 Å². The summed E-state index contributed by atoms with van der Waals surface area (Å²) < 4.78 is 0. The van der Waals surface area contributed by atoms with Crippen LogP contribution in [-0.4, -0.2) is 42.0 Å². The first-order valence-electron chi connectivity index (χ1n) is 11.0. The molecule has 1 aliphatic rings. The zero-order valence-corrected chi connectivity index (χ0v) is 21.5. The van der Waals surface area contributed by atoms with Crippen LogP contribution in [0.5, 0.6) is 0 Å². The number of guanidine groups is 1. The Hall–Kier alpha value is -1.19. The number of aliphatic imine (C=N–C) groups is 1. The van der Waals surface area contributed by atoms with Crippen molar-refractivity contribution in [2.75, 3.05) is 26.2 Å². The molecule has 0 amide bonds. The number of unbranched alkanes of at least 4 members (excludes halogenated alkanes) is 1. The van der Waals surface area contributed by atoms with Gasteiger partial charge in [0.1, 0.15) is 0 Å². The highest BCUT2D eigenvalue weighted by Gasteiger charge is 2.11. The standard InChI is InChI=1S/C23H35N5S.HI/c1-3-24-23(25-13-5-4-8-22-27-19(2)18-29-22)26-16-20-9-11-21(12-10-20)17-28-14-6-7-15-28;/h9-12,18H,3-8,13-17H2,1-2H3,(H2,24,25,26);1H. The molecule has 0 saturated carbocycles. The maximum absolute atomic E-state index is 4.75. The molecule has 0 unspecified atom stereocenters. The van der Waals surface area contributed by atoms with Crippen LogP contribution in [0.25, 0.3) is 0 Å². The van der Waals surface area contributed by atoms with Crippen molar-refractivity contribution in [3.63, 3.8) is 0 Å². The van der Waals surface area contributed by atoms with Crippen molar-refractivity contribution >= 4 is 41.3 Å². The minimum absolute atomic E-state index is 0. The Balaban J connectivity index is 0.00000320. The van der Waals surface area contributed by atoms with E-state index in [1.54, 1.807) is 11.3 Å². The highest BCUT2D eigenvalue weighted by Crippen LogP contribution is 2.14. The first-order valence-corrected chi connectivity index (χ1v) is 11.8. The van der Waals surface area contributed by atoms with Crippen LogP contribution in [0, 0.1) is 6.92 Å². The molecule has 3 rings (SSSR count). The summed E-state index contributed by atoms with van der Waals surface area (Å²) in [6.45, 7) is 10.2. The van der Waals surface area contributed by atoms with Crippen molar-refractivity contribution in [2.24, 2.45) is 4.99 Å². The summed E-state index contributed by atoms with van der Waals surface area (Å²) >= 11 is 1.77. The molecule has 0 spiro atoms. The first kappa shape index (κ1) is 25.1. The van der Waals surface area contributed by atoms with E-state index in [2.05, 4.69) is 64.0 Å². The lowest BCUT2D eigenvalue weighted by molar-refractivity contribution is 0.331. The second kappa shape index (κ2) is 14.0. The summed E-state index contributed by atoms with van der Waals surface area (Å²) in [5.74, 6) is 0.902. The average Bonchev–Trinajstić information content (AvgIpc) is 3.38. The van der Waals surface area contributed by atoms with Crippen LogP contribution in [0.3, 0.4) is 0 Å². The number of aryl methyl sites for hydroxylation is 2. The Labute approximate surface area is 202 Å². The molecule has 1 aromatic carbocycles. The molecule has 166 valence electrons. The minimum Gasteiger partial charge on any atom is -0.357 e. The summed E-state index contributed by atoms with van der Waals surface area (Å²) in [6.07, 6.45) is 6.03. The first-order chi connectivity index (χ1) is 14.2. The molecule has 1 fully saturated rings. The minimum atomic E-state index is 0. The molecule has 2 N–H and O–H groups in total. The lowest BCUT2D eigenvalue weighted by Crippen LogP contribution is -2.37. The van der Waals surface area contributed by atoms with Crippen LogP contribution in [0.1, 0.15) is 54.4 Å². The quantitative estimate of drug-likeness (QED) is 0.198. The second-order valence-corrected chi connectivity index (χ2v) is 8.70. The Morgan fingerprint density at radius 1 is 1.10 bits per heavy atom. The monoisotopic (exact) mass is 541 g/mol. The van der Waals surface area contributed by atoms with E-state index in [1.807, 2.05) is 0 Å². The van der Waals surface area contributed by atoms with E-state index in [0.717, 1.165) is 50.6 Å². The molecule has 7 heteroatoms. The molecular formula is C23H36IN5S. The number of aromatic nitrogens is 1. The van der Waals surface area contributed by atoms with Crippen LogP contribution < -0.4 is 10.6 Å². The van der Waals surface area contributed by atoms with Crippen LogP contribution in [0.2, 0.25) is 0 Å². The topological polar surface area (TPSA) is 52.6 Å². The van der Waals surface area contributed by atoms with Gasteiger partial charge in [-0.05, 0) is 70.2 Å². The summed E-state index contributed by atoms with van der Waals surface area (Å²) in [4.78, 5) is 11.8. The molecule has 0 radical (unpaired) electrons. The number of benzene rings is 1. The zero-order chi connectivity index (χ0) is 20.3. The molecular weight excluding hydrogens is 505 g/mol. The fourth-order valence-corrected chi connectivity index (χ4v) is 4.40. The van der Waals surface area contributed by atoms with E-state index in [1.165, 1.54) is 42.1 Å². The van der Waals surface area contributed by atoms with Gasteiger partial charge in [-0.15, -0.1) is 35.3 Å². The molecule has 0 bridgehead atoms. The predicted molar refractivity (Wildman–Crippen MR) is 139 cm³/mol. The van der Waals surface area contributed by atoms with E-state index in [0.29, 0.717) is 6.54 Å². The third-order valence-electron chi connectivity index (χ3n) is 5.17. The highest BCUT2D eigenvalue weighted by molar-refractivity contribution is 14.0. The maximum atomic E-state index is 4.75. The molecule has 0 aliphatic carbocycles. The van der Waals surface area contributed by atoms with E-state index in [-0.39, 0.29) is 24.0 Å². The lowest BCUT2D eigenvalue weighted by atomic mass is 10.1. The number of hydrogen-bond acceptors (Lipinski definition) is 4. The van der Waals surface area contributed by atoms with Gasteiger partial charge in [0.2, 0.25) is 0 Å². The van der Waals surface area contributed by atoms with Crippen molar-refractivity contribution in [1.29, 1.82) is 0 Å². The number of likely N-dealkylation sites (tertiary alicyclic amines) is 1. The Morgan fingerprint density at radius 2 is 1.83 bits per heavy atom. The number of nitrogens with one attached hydrogen (secondary N) is 2. The number of rotatable bonds is 10. The van der Waals surface area contributed by atoms with Crippen molar-refractivity contribution < 1.29 is 0 Å². The van der Waals surface area contributed by atoms with Crippen molar-refractivity contribution in [3.05, 3.63) is 51.5 Å². The van der Waals surface area contributed by atoms with Gasteiger partial charge >= 0.3 is 0 Å². The van der Waals surface area contributed by atoms with Gasteiger partial charge < -0.3 is 10.6 Å². The van der Waals surface area contributed by atoms with Crippen LogP contribution in [0.15, 0.2) is 34.6 Å². The third kappa shape index (κ3) is 8.89. The normalized spacial score (nSPS) is 14.5. The Morgan fingerprint density at radius 3 is 2.50 bits per heavy atom. The summed E-state index contributed by atoms with van der Waals surface area (Å²) in [6, 6.07) is 8.94. The summed E-state index contributed by atoms with van der Waals surface area (Å²) in [7, 11) is 0. The molecule has 1 saturated heterocycles. The van der Waals surface area contributed by atoms with Crippen molar-refractivity contribution in [2.45, 2.75) is 59.0 Å². The highest BCUT2D eigenvalue weighted by atomic mass is 127. The number of halogens is 1. The summed E-state index contributed by atoms with van der Waals surface area (Å²) in [5.41, 5.74) is 3.79. The van der Waals surface area contributed by atoms with E-state index in [9.17, 15) is 0 Å². The Kier molecular flexibility index (Phi) is 11.7. The van der Waals surface area contributed by atoms with Gasteiger partial charge in [-0.2, -0.15) is 0 Å². The fraction of sp³-hybridized carbons (Fsp3) is 0.565. The van der Waals surface area contributed by atoms with Crippen LogP contribution in [-0.2, 0) is 19.5 Å². The van der Waals surface area contributed by atoms with E-state index in [4.69, 9.17) is 4.99 Å². The van der Waals surface area contributed by atoms with Gasteiger partial charge in [0.05, 0.1) is 11.6 Å². The Bertz CT molecular complexity index is 753. The van der Waals surface area contributed by atoms with E-state index >= 15 is 0 Å². The van der Waals surface area contributed by atoms with Crippen LogP contribution in [0.4, 0.5) is 0 Å². The molecule has 2 heterocycles. The van der Waals surface area contributed by atoms with Gasteiger partial charge in [0, 0.05) is 30.7 Å². The average molecular weight is 542 g/mol. The SMILES string of the molecule is CCNC(=NCc1ccc(CN2CCCC2)cc1)NCCCCc1nc(C)cs1.I. The molecule has 30 heavy (non-hydrogen) atoms. The molecule has 0 atom stereocenters. The molecule has 5 nitrogen and oxygen atoms in total.